The molecule has 34 heavy (non-hydrogen) atoms. The molecule has 0 saturated carbocycles. The van der Waals surface area contributed by atoms with Gasteiger partial charge in [0, 0.05) is 15.7 Å². The van der Waals surface area contributed by atoms with E-state index in [-0.39, 0.29) is 30.3 Å². The molecule has 2 N–H and O–H groups in total. The Morgan fingerprint density at radius 3 is 2.68 bits per heavy atom. The largest absolute Gasteiger partial charge is 0.496 e. The third kappa shape index (κ3) is 5.22. The molecule has 6 nitrogen and oxygen atoms in total. The van der Waals surface area contributed by atoms with Gasteiger partial charge >= 0.3 is 0 Å². The molecular weight excluding hydrogens is 518 g/mol. The van der Waals surface area contributed by atoms with Crippen LogP contribution in [0.5, 0.6) is 5.75 Å². The third-order valence-electron chi connectivity index (χ3n) is 6.28. The molecule has 1 aliphatic heterocycles. The molecule has 0 radical (unpaired) electrons. The average Bonchev–Trinajstić information content (AvgIpc) is 2.96. The zero-order valence-corrected chi connectivity index (χ0v) is 21.8. The first-order valence-corrected chi connectivity index (χ1v) is 11.8. The van der Waals surface area contributed by atoms with Crippen LogP contribution in [0.3, 0.4) is 0 Å². The molecule has 3 aromatic carbocycles. The van der Waals surface area contributed by atoms with Crippen molar-refractivity contribution in [1.82, 2.24) is 10.6 Å². The molecule has 2 atom stereocenters. The van der Waals surface area contributed by atoms with Gasteiger partial charge in [-0.05, 0) is 67.4 Å². The van der Waals surface area contributed by atoms with Crippen LogP contribution in [0, 0.1) is 0 Å². The van der Waals surface area contributed by atoms with E-state index >= 15 is 0 Å². The third-order valence-corrected chi connectivity index (χ3v) is 6.77. The number of nitrogens with one attached hydrogen (secondary N) is 2. The fraction of sp³-hybridized carbons (Fsp3) is 0.308. The molecule has 0 spiro atoms. The van der Waals surface area contributed by atoms with Crippen molar-refractivity contribution in [3.63, 3.8) is 0 Å². The maximum Gasteiger partial charge on any atom is 0.249 e. The van der Waals surface area contributed by atoms with Gasteiger partial charge < -0.3 is 20.3 Å². The van der Waals surface area contributed by atoms with Gasteiger partial charge in [0.25, 0.3) is 0 Å². The summed E-state index contributed by atoms with van der Waals surface area (Å²) in [6.45, 7) is 2.11. The number of para-hydroxylation sites is 1. The molecule has 1 aliphatic rings. The van der Waals surface area contributed by atoms with Crippen molar-refractivity contribution in [1.29, 1.82) is 0 Å². The van der Waals surface area contributed by atoms with Gasteiger partial charge in [0.05, 0.1) is 19.7 Å². The van der Waals surface area contributed by atoms with E-state index in [0.29, 0.717) is 19.4 Å². The van der Waals surface area contributed by atoms with Crippen LogP contribution in [0.2, 0.25) is 0 Å². The summed E-state index contributed by atoms with van der Waals surface area (Å²) in [6.07, 6.45) is 1.25. The van der Waals surface area contributed by atoms with Crippen molar-refractivity contribution in [3.8, 4) is 5.75 Å². The van der Waals surface area contributed by atoms with Gasteiger partial charge in [-0.15, -0.1) is 12.4 Å². The van der Waals surface area contributed by atoms with E-state index in [4.69, 9.17) is 4.74 Å². The van der Waals surface area contributed by atoms with Crippen molar-refractivity contribution in [3.05, 3.63) is 70.2 Å². The van der Waals surface area contributed by atoms with Crippen LogP contribution in [-0.2, 0) is 22.6 Å². The monoisotopic (exact) mass is 545 g/mol. The van der Waals surface area contributed by atoms with Gasteiger partial charge in [0.15, 0.2) is 0 Å². The van der Waals surface area contributed by atoms with E-state index in [9.17, 15) is 9.59 Å². The number of aryl methyl sites for hydroxylation is 1. The van der Waals surface area contributed by atoms with Gasteiger partial charge in [0.1, 0.15) is 11.8 Å². The summed E-state index contributed by atoms with van der Waals surface area (Å²) in [6, 6.07) is 17.0. The normalized spacial score (nSPS) is 16.3. The van der Waals surface area contributed by atoms with Gasteiger partial charge in [0.2, 0.25) is 11.8 Å². The average molecular weight is 547 g/mol. The molecule has 0 saturated heterocycles. The number of carbonyl (C=O) groups excluding carboxylic acids is 2. The highest BCUT2D eigenvalue weighted by molar-refractivity contribution is 9.10. The summed E-state index contributed by atoms with van der Waals surface area (Å²) in [7, 11) is 3.37. The number of likely N-dealkylation sites (N-methyl/N-ethyl adjacent to an activating group) is 1. The number of fused-ring (bicyclic) bond motifs is 2. The first kappa shape index (κ1) is 26.0. The first-order valence-electron chi connectivity index (χ1n) is 11.0. The summed E-state index contributed by atoms with van der Waals surface area (Å²) in [5.74, 6) is 0.415. The Balaban J connectivity index is 0.00000324. The van der Waals surface area contributed by atoms with Gasteiger partial charge in [-0.3, -0.25) is 9.59 Å². The quantitative estimate of drug-likeness (QED) is 0.474. The number of anilines is 1. The highest BCUT2D eigenvalue weighted by Crippen LogP contribution is 2.35. The number of hydrogen-bond donors (Lipinski definition) is 2. The number of rotatable bonds is 6. The number of methoxy groups -OCH3 is 1. The molecule has 2 amide bonds. The molecular formula is C26H29BrClN3O3. The Hall–Kier alpha value is -2.61. The Kier molecular flexibility index (Phi) is 8.57. The van der Waals surface area contributed by atoms with Crippen LogP contribution in [0.1, 0.15) is 24.5 Å². The second-order valence-corrected chi connectivity index (χ2v) is 9.19. The van der Waals surface area contributed by atoms with Crippen molar-refractivity contribution in [2.75, 3.05) is 19.1 Å². The molecule has 0 aliphatic carbocycles. The van der Waals surface area contributed by atoms with Crippen LogP contribution in [0.15, 0.2) is 59.1 Å². The summed E-state index contributed by atoms with van der Waals surface area (Å²) in [4.78, 5) is 28.2. The number of ether oxygens (including phenoxy) is 1. The molecule has 3 aromatic rings. The Morgan fingerprint density at radius 1 is 1.21 bits per heavy atom. The van der Waals surface area contributed by atoms with Gasteiger partial charge in [-0.1, -0.05) is 46.3 Å². The number of halogens is 2. The number of hydrogen-bond acceptors (Lipinski definition) is 4. The van der Waals surface area contributed by atoms with Crippen molar-refractivity contribution in [2.45, 2.75) is 38.4 Å². The molecule has 2 unspecified atom stereocenters. The lowest BCUT2D eigenvalue weighted by atomic mass is 10.0. The lowest BCUT2D eigenvalue weighted by molar-refractivity contribution is -0.128. The van der Waals surface area contributed by atoms with E-state index in [2.05, 4.69) is 32.6 Å². The maximum atomic E-state index is 13.8. The van der Waals surface area contributed by atoms with E-state index in [1.54, 1.807) is 26.0 Å². The minimum absolute atomic E-state index is 0. The summed E-state index contributed by atoms with van der Waals surface area (Å²) < 4.78 is 6.65. The predicted molar refractivity (Wildman–Crippen MR) is 142 cm³/mol. The fourth-order valence-electron chi connectivity index (χ4n) is 4.29. The lowest BCUT2D eigenvalue weighted by Crippen LogP contribution is -2.52. The number of amides is 2. The minimum atomic E-state index is -0.603. The van der Waals surface area contributed by atoms with E-state index in [1.165, 1.54) is 0 Å². The number of benzene rings is 3. The SMILES string of the molecule is CNC(C)C(=O)NC1CCc2ccccc2N(Cc2c(OC)ccc3ccc(Br)cc23)C1=O.Cl. The van der Waals surface area contributed by atoms with Crippen molar-refractivity contribution >= 4 is 56.6 Å². The number of carbonyl (C=O) groups is 2. The highest BCUT2D eigenvalue weighted by atomic mass is 79.9. The van der Waals surface area contributed by atoms with Crippen molar-refractivity contribution < 1.29 is 14.3 Å². The highest BCUT2D eigenvalue weighted by Gasteiger charge is 2.32. The second kappa shape index (κ2) is 11.2. The van der Waals surface area contributed by atoms with E-state index < -0.39 is 6.04 Å². The second-order valence-electron chi connectivity index (χ2n) is 8.28. The molecule has 1 heterocycles. The predicted octanol–water partition coefficient (Wildman–Crippen LogP) is 4.60. The molecule has 0 aromatic heterocycles. The Bertz CT molecular complexity index is 1200. The van der Waals surface area contributed by atoms with E-state index in [1.807, 2.05) is 48.5 Å². The smallest absolute Gasteiger partial charge is 0.249 e. The Labute approximate surface area is 214 Å². The summed E-state index contributed by atoms with van der Waals surface area (Å²) in [5.41, 5.74) is 2.88. The van der Waals surface area contributed by atoms with Crippen molar-refractivity contribution in [2.24, 2.45) is 0 Å². The van der Waals surface area contributed by atoms with E-state index in [0.717, 1.165) is 37.8 Å². The van der Waals surface area contributed by atoms with Crippen LogP contribution < -0.4 is 20.3 Å². The van der Waals surface area contributed by atoms with Crippen LogP contribution >= 0.6 is 28.3 Å². The zero-order valence-electron chi connectivity index (χ0n) is 19.4. The molecule has 8 heteroatoms. The van der Waals surface area contributed by atoms with Crippen LogP contribution in [0.4, 0.5) is 5.69 Å². The zero-order chi connectivity index (χ0) is 23.5. The molecule has 180 valence electrons. The van der Waals surface area contributed by atoms with Crippen LogP contribution in [0.25, 0.3) is 10.8 Å². The lowest BCUT2D eigenvalue weighted by Gasteiger charge is -2.28. The topological polar surface area (TPSA) is 70.7 Å². The minimum Gasteiger partial charge on any atom is -0.496 e. The van der Waals surface area contributed by atoms with Gasteiger partial charge in [-0.2, -0.15) is 0 Å². The molecule has 0 bridgehead atoms. The standard InChI is InChI=1S/C26H28BrN3O3.ClH/c1-16(28-2)25(31)29-22-12-9-18-6-4-5-7-23(18)30(26(22)32)15-21-20-14-19(27)11-8-17(20)10-13-24(21)33-3;/h4-8,10-11,13-14,16,22,28H,9,12,15H2,1-3H3,(H,29,31);1H. The fourth-order valence-corrected chi connectivity index (χ4v) is 4.65. The Morgan fingerprint density at radius 2 is 1.94 bits per heavy atom. The first-order chi connectivity index (χ1) is 15.9. The maximum absolute atomic E-state index is 13.8. The van der Waals surface area contributed by atoms with Gasteiger partial charge in [-0.25, -0.2) is 0 Å². The molecule has 4 rings (SSSR count). The summed E-state index contributed by atoms with van der Waals surface area (Å²) in [5, 5.41) is 7.97. The number of nitrogens with zero attached hydrogens (tertiary/aromatic N) is 1. The molecule has 0 fully saturated rings. The summed E-state index contributed by atoms with van der Waals surface area (Å²) >= 11 is 3.57. The van der Waals surface area contributed by atoms with Crippen LogP contribution in [-0.4, -0.2) is 38.1 Å².